The maximum atomic E-state index is 11.9. The smallest absolute Gasteiger partial charge is 0.262 e. The third-order valence-electron chi connectivity index (χ3n) is 3.06. The molecule has 100 valence electrons. The molecule has 2 aromatic carbocycles. The van der Waals surface area contributed by atoms with Gasteiger partial charge in [0, 0.05) is 28.8 Å². The van der Waals surface area contributed by atoms with E-state index in [-0.39, 0.29) is 0 Å². The summed E-state index contributed by atoms with van der Waals surface area (Å²) < 4.78 is 23.0. The Kier molecular flexibility index (Phi) is 3.17. The SMILES string of the molecule is O=C(NS(=O)[O-])c1cccc2[nH+]c3ccccc3cc12. The molecule has 20 heavy (non-hydrogen) atoms. The number of aromatic nitrogens is 1. The maximum Gasteiger partial charge on any atom is 0.262 e. The number of fused-ring (bicyclic) bond motifs is 2. The molecule has 5 nitrogen and oxygen atoms in total. The van der Waals surface area contributed by atoms with Crippen LogP contribution in [0.5, 0.6) is 0 Å². The number of hydrogen-bond donors (Lipinski definition) is 1. The van der Waals surface area contributed by atoms with Crippen LogP contribution in [-0.4, -0.2) is 14.7 Å². The van der Waals surface area contributed by atoms with Gasteiger partial charge in [0.1, 0.15) is 0 Å². The fourth-order valence-corrected chi connectivity index (χ4v) is 2.46. The van der Waals surface area contributed by atoms with Crippen molar-refractivity contribution in [3.05, 3.63) is 54.1 Å². The van der Waals surface area contributed by atoms with E-state index in [0.717, 1.165) is 16.4 Å². The van der Waals surface area contributed by atoms with E-state index in [1.165, 1.54) is 0 Å². The van der Waals surface area contributed by atoms with Crippen LogP contribution in [-0.2, 0) is 11.3 Å². The first kappa shape index (κ1) is 12.7. The molecule has 3 rings (SSSR count). The van der Waals surface area contributed by atoms with Crippen molar-refractivity contribution in [1.29, 1.82) is 0 Å². The van der Waals surface area contributed by atoms with E-state index in [0.29, 0.717) is 10.9 Å². The predicted octanol–water partition coefficient (Wildman–Crippen LogP) is 1.33. The summed E-state index contributed by atoms with van der Waals surface area (Å²) in [5.74, 6) is -0.646. The minimum absolute atomic E-state index is 0.314. The van der Waals surface area contributed by atoms with Gasteiger partial charge in [-0.2, -0.15) is 0 Å². The Balaban J connectivity index is 2.25. The predicted molar refractivity (Wildman–Crippen MR) is 74.4 cm³/mol. The van der Waals surface area contributed by atoms with Crippen molar-refractivity contribution in [2.45, 2.75) is 0 Å². The van der Waals surface area contributed by atoms with Gasteiger partial charge in [0.2, 0.25) is 11.0 Å². The van der Waals surface area contributed by atoms with Gasteiger partial charge >= 0.3 is 0 Å². The lowest BCUT2D eigenvalue weighted by atomic mass is 10.1. The Hall–Kier alpha value is -2.31. The number of amides is 1. The lowest BCUT2D eigenvalue weighted by molar-refractivity contribution is -0.310. The first-order valence-electron chi connectivity index (χ1n) is 5.89. The summed E-state index contributed by atoms with van der Waals surface area (Å²) in [5.41, 5.74) is 2.03. The minimum atomic E-state index is -2.63. The van der Waals surface area contributed by atoms with Crippen LogP contribution in [0.1, 0.15) is 10.4 Å². The Morgan fingerprint density at radius 3 is 2.65 bits per heavy atom. The van der Waals surface area contributed by atoms with Crippen LogP contribution in [0.3, 0.4) is 0 Å². The first-order chi connectivity index (χ1) is 9.65. The average Bonchev–Trinajstić information content (AvgIpc) is 2.43. The minimum Gasteiger partial charge on any atom is -0.755 e. The van der Waals surface area contributed by atoms with Crippen LogP contribution in [0.2, 0.25) is 0 Å². The first-order valence-corrected chi connectivity index (χ1v) is 6.97. The van der Waals surface area contributed by atoms with Gasteiger partial charge < -0.3 is 4.55 Å². The number of rotatable bonds is 2. The molecule has 0 fully saturated rings. The third kappa shape index (κ3) is 2.26. The van der Waals surface area contributed by atoms with Crippen molar-refractivity contribution in [3.63, 3.8) is 0 Å². The summed E-state index contributed by atoms with van der Waals surface area (Å²) in [6.45, 7) is 0. The lowest BCUT2D eigenvalue weighted by Crippen LogP contribution is -2.25. The van der Waals surface area contributed by atoms with Crippen LogP contribution < -0.4 is 9.71 Å². The monoisotopic (exact) mass is 286 g/mol. The third-order valence-corrected chi connectivity index (χ3v) is 3.41. The highest BCUT2D eigenvalue weighted by atomic mass is 32.2. The number of benzene rings is 2. The molecular weight excluding hydrogens is 276 g/mol. The molecule has 0 bridgehead atoms. The summed E-state index contributed by atoms with van der Waals surface area (Å²) >= 11 is -2.63. The topological polar surface area (TPSA) is 83.4 Å². The second-order valence-corrected chi connectivity index (χ2v) is 4.96. The molecular formula is C14H10N2O3S. The van der Waals surface area contributed by atoms with Crippen LogP contribution in [0.15, 0.2) is 48.5 Å². The molecule has 1 aromatic heterocycles. The van der Waals surface area contributed by atoms with E-state index < -0.39 is 17.2 Å². The summed E-state index contributed by atoms with van der Waals surface area (Å²) in [6.07, 6.45) is 0. The Morgan fingerprint density at radius 2 is 1.85 bits per heavy atom. The number of aromatic amines is 1. The highest BCUT2D eigenvalue weighted by molar-refractivity contribution is 7.77. The molecule has 0 saturated carbocycles. The lowest BCUT2D eigenvalue weighted by Gasteiger charge is -2.08. The van der Waals surface area contributed by atoms with Gasteiger partial charge in [-0.25, -0.2) is 4.98 Å². The zero-order valence-electron chi connectivity index (χ0n) is 10.3. The van der Waals surface area contributed by atoms with Gasteiger partial charge in [-0.1, -0.05) is 18.2 Å². The molecule has 1 amide bonds. The summed E-state index contributed by atoms with van der Waals surface area (Å²) in [7, 11) is 0. The van der Waals surface area contributed by atoms with Gasteiger partial charge in [-0.15, -0.1) is 0 Å². The molecule has 1 heterocycles. The standard InChI is InChI=1S/C14H10N2O3S/c17-14(16-20(18)19)10-5-3-7-13-11(10)8-9-4-1-2-6-12(9)15-13/h1-8H,(H,16,17)(H,18,19). The molecule has 0 saturated heterocycles. The average molecular weight is 286 g/mol. The van der Waals surface area contributed by atoms with Crippen molar-refractivity contribution >= 4 is 39.0 Å². The molecule has 1 atom stereocenters. The van der Waals surface area contributed by atoms with Crippen molar-refractivity contribution in [1.82, 2.24) is 4.72 Å². The van der Waals surface area contributed by atoms with E-state index >= 15 is 0 Å². The molecule has 0 spiro atoms. The van der Waals surface area contributed by atoms with Crippen molar-refractivity contribution in [3.8, 4) is 0 Å². The summed E-state index contributed by atoms with van der Waals surface area (Å²) in [5, 5.41) is 1.62. The van der Waals surface area contributed by atoms with Gasteiger partial charge in [0.25, 0.3) is 5.91 Å². The van der Waals surface area contributed by atoms with Crippen LogP contribution in [0, 0.1) is 0 Å². The fourth-order valence-electron chi connectivity index (χ4n) is 2.20. The number of H-pyrrole nitrogens is 1. The van der Waals surface area contributed by atoms with Crippen molar-refractivity contribution in [2.75, 3.05) is 0 Å². The largest absolute Gasteiger partial charge is 0.755 e. The number of para-hydroxylation sites is 1. The zero-order valence-corrected chi connectivity index (χ0v) is 11.1. The fraction of sp³-hybridized carbons (Fsp3) is 0. The van der Waals surface area contributed by atoms with Gasteiger partial charge in [0.15, 0.2) is 0 Å². The Labute approximate surface area is 117 Å². The number of carbonyl (C=O) groups is 1. The number of nitrogens with one attached hydrogen (secondary N) is 2. The van der Waals surface area contributed by atoms with E-state index in [1.54, 1.807) is 12.1 Å². The maximum absolute atomic E-state index is 11.9. The quantitative estimate of drug-likeness (QED) is 0.570. The van der Waals surface area contributed by atoms with Gasteiger partial charge in [-0.3, -0.25) is 13.7 Å². The van der Waals surface area contributed by atoms with E-state index in [4.69, 9.17) is 0 Å². The molecule has 2 N–H and O–H groups in total. The van der Waals surface area contributed by atoms with Gasteiger partial charge in [-0.05, 0) is 18.2 Å². The van der Waals surface area contributed by atoms with Gasteiger partial charge in [0.05, 0.1) is 10.9 Å². The normalized spacial score (nSPS) is 12.4. The molecule has 6 heteroatoms. The zero-order chi connectivity index (χ0) is 14.1. The second-order valence-electron chi connectivity index (χ2n) is 4.29. The second kappa shape index (κ2) is 4.99. The van der Waals surface area contributed by atoms with Crippen molar-refractivity contribution < 1.29 is 18.5 Å². The molecule has 1 unspecified atom stereocenters. The van der Waals surface area contributed by atoms with E-state index in [1.807, 2.05) is 41.1 Å². The molecule has 3 aromatic rings. The van der Waals surface area contributed by atoms with E-state index in [2.05, 4.69) is 4.98 Å². The van der Waals surface area contributed by atoms with E-state index in [9.17, 15) is 13.6 Å². The highest BCUT2D eigenvalue weighted by Gasteiger charge is 2.14. The number of pyridine rings is 1. The molecule has 0 aliphatic heterocycles. The van der Waals surface area contributed by atoms with Crippen LogP contribution in [0.4, 0.5) is 0 Å². The van der Waals surface area contributed by atoms with Crippen LogP contribution in [0.25, 0.3) is 21.8 Å². The Bertz CT molecular complexity index is 848. The molecule has 0 aliphatic carbocycles. The summed E-state index contributed by atoms with van der Waals surface area (Å²) in [6, 6.07) is 14.7. The summed E-state index contributed by atoms with van der Waals surface area (Å²) in [4.78, 5) is 15.1. The number of hydrogen-bond acceptors (Lipinski definition) is 3. The van der Waals surface area contributed by atoms with Crippen LogP contribution >= 0.6 is 0 Å². The highest BCUT2D eigenvalue weighted by Crippen LogP contribution is 2.20. The molecule has 0 radical (unpaired) electrons. The number of carbonyl (C=O) groups excluding carboxylic acids is 1. The Morgan fingerprint density at radius 1 is 1.10 bits per heavy atom. The molecule has 0 aliphatic rings. The van der Waals surface area contributed by atoms with Crippen molar-refractivity contribution in [2.24, 2.45) is 0 Å².